The van der Waals surface area contributed by atoms with Gasteiger partial charge in [0.2, 0.25) is 5.91 Å². The molecule has 6 nitrogen and oxygen atoms in total. The highest BCUT2D eigenvalue weighted by molar-refractivity contribution is 5.89. The molecule has 0 bridgehead atoms. The molecule has 0 spiro atoms. The third kappa shape index (κ3) is 5.31. The Bertz CT molecular complexity index is 434. The molecule has 0 aromatic heterocycles. The molecule has 98 valence electrons. The number of carboxylic acids is 1. The Kier molecular flexibility index (Phi) is 5.13. The SMILES string of the molecule is CC(=O)Nc1cccc(NCC(O)CC(=O)O)c1. The van der Waals surface area contributed by atoms with Crippen LogP contribution in [0.5, 0.6) is 0 Å². The van der Waals surface area contributed by atoms with Gasteiger partial charge in [0, 0.05) is 24.8 Å². The molecular weight excluding hydrogens is 236 g/mol. The maximum absolute atomic E-state index is 10.9. The summed E-state index contributed by atoms with van der Waals surface area (Å²) in [7, 11) is 0. The van der Waals surface area contributed by atoms with E-state index in [0.717, 1.165) is 0 Å². The van der Waals surface area contributed by atoms with Crippen LogP contribution in [0, 0.1) is 0 Å². The van der Waals surface area contributed by atoms with E-state index < -0.39 is 12.1 Å². The fourth-order valence-corrected chi connectivity index (χ4v) is 1.42. The minimum Gasteiger partial charge on any atom is -0.481 e. The Morgan fingerprint density at radius 2 is 2.00 bits per heavy atom. The van der Waals surface area contributed by atoms with E-state index in [0.29, 0.717) is 11.4 Å². The van der Waals surface area contributed by atoms with Crippen LogP contribution in [0.2, 0.25) is 0 Å². The van der Waals surface area contributed by atoms with E-state index in [-0.39, 0.29) is 18.9 Å². The molecule has 0 saturated carbocycles. The van der Waals surface area contributed by atoms with Crippen molar-refractivity contribution in [2.24, 2.45) is 0 Å². The van der Waals surface area contributed by atoms with Crippen LogP contribution in [0.3, 0.4) is 0 Å². The van der Waals surface area contributed by atoms with Crippen molar-refractivity contribution in [3.63, 3.8) is 0 Å². The number of carboxylic acid groups (broad SMARTS) is 1. The van der Waals surface area contributed by atoms with E-state index >= 15 is 0 Å². The topological polar surface area (TPSA) is 98.7 Å². The van der Waals surface area contributed by atoms with E-state index in [4.69, 9.17) is 5.11 Å². The van der Waals surface area contributed by atoms with Crippen LogP contribution in [0.25, 0.3) is 0 Å². The predicted octanol–water partition coefficient (Wildman–Crippen LogP) is 0.892. The number of aliphatic hydroxyl groups is 1. The zero-order chi connectivity index (χ0) is 13.5. The molecule has 0 aliphatic carbocycles. The molecule has 1 aromatic rings. The third-order valence-electron chi connectivity index (χ3n) is 2.13. The van der Waals surface area contributed by atoms with Crippen LogP contribution < -0.4 is 10.6 Å². The molecule has 0 saturated heterocycles. The molecule has 0 fully saturated rings. The lowest BCUT2D eigenvalue weighted by Crippen LogP contribution is -2.22. The van der Waals surface area contributed by atoms with Gasteiger partial charge in [-0.15, -0.1) is 0 Å². The molecule has 1 aromatic carbocycles. The number of benzene rings is 1. The van der Waals surface area contributed by atoms with Gasteiger partial charge in [-0.1, -0.05) is 6.07 Å². The number of hydrogen-bond donors (Lipinski definition) is 4. The first kappa shape index (κ1) is 14.0. The number of aliphatic carboxylic acids is 1. The molecule has 1 atom stereocenters. The second kappa shape index (κ2) is 6.61. The zero-order valence-corrected chi connectivity index (χ0v) is 10.0. The smallest absolute Gasteiger partial charge is 0.306 e. The summed E-state index contributed by atoms with van der Waals surface area (Å²) in [4.78, 5) is 21.2. The van der Waals surface area contributed by atoms with Gasteiger partial charge in [0.25, 0.3) is 0 Å². The number of aliphatic hydroxyl groups excluding tert-OH is 1. The van der Waals surface area contributed by atoms with Crippen LogP contribution in [0.15, 0.2) is 24.3 Å². The Morgan fingerprint density at radius 1 is 1.33 bits per heavy atom. The van der Waals surface area contributed by atoms with Gasteiger partial charge in [0.1, 0.15) is 0 Å². The predicted molar refractivity (Wildman–Crippen MR) is 67.5 cm³/mol. The van der Waals surface area contributed by atoms with Gasteiger partial charge >= 0.3 is 5.97 Å². The van der Waals surface area contributed by atoms with Crippen LogP contribution in [-0.2, 0) is 9.59 Å². The lowest BCUT2D eigenvalue weighted by Gasteiger charge is -2.11. The van der Waals surface area contributed by atoms with Gasteiger partial charge in [-0.25, -0.2) is 0 Å². The van der Waals surface area contributed by atoms with Crippen LogP contribution >= 0.6 is 0 Å². The normalized spacial score (nSPS) is 11.7. The maximum atomic E-state index is 10.9. The zero-order valence-electron chi connectivity index (χ0n) is 10.0. The standard InChI is InChI=1S/C12H16N2O4/c1-8(15)14-10-4-2-3-9(5-10)13-7-11(16)6-12(17)18/h2-5,11,13,16H,6-7H2,1H3,(H,14,15)(H,17,18). The average molecular weight is 252 g/mol. The monoisotopic (exact) mass is 252 g/mol. The van der Waals surface area contributed by atoms with E-state index in [1.165, 1.54) is 6.92 Å². The van der Waals surface area contributed by atoms with Gasteiger partial charge in [0.05, 0.1) is 12.5 Å². The number of nitrogens with one attached hydrogen (secondary N) is 2. The van der Waals surface area contributed by atoms with E-state index in [9.17, 15) is 14.7 Å². The summed E-state index contributed by atoms with van der Waals surface area (Å²) in [5.41, 5.74) is 1.34. The summed E-state index contributed by atoms with van der Waals surface area (Å²) in [5, 5.41) is 23.4. The third-order valence-corrected chi connectivity index (χ3v) is 2.13. The van der Waals surface area contributed by atoms with Crippen molar-refractivity contribution in [1.82, 2.24) is 0 Å². The highest BCUT2D eigenvalue weighted by Crippen LogP contribution is 2.15. The Labute approximate surface area is 105 Å². The molecule has 1 amide bonds. The Balaban J connectivity index is 2.51. The maximum Gasteiger partial charge on any atom is 0.306 e. The van der Waals surface area contributed by atoms with E-state index in [1.807, 2.05) is 0 Å². The van der Waals surface area contributed by atoms with Gasteiger partial charge in [-0.2, -0.15) is 0 Å². The fourth-order valence-electron chi connectivity index (χ4n) is 1.42. The summed E-state index contributed by atoms with van der Waals surface area (Å²) >= 11 is 0. The lowest BCUT2D eigenvalue weighted by atomic mass is 10.2. The summed E-state index contributed by atoms with van der Waals surface area (Å²) in [6.45, 7) is 1.55. The minimum atomic E-state index is -1.05. The van der Waals surface area contributed by atoms with E-state index in [2.05, 4.69) is 10.6 Å². The van der Waals surface area contributed by atoms with Crippen molar-refractivity contribution in [1.29, 1.82) is 0 Å². The summed E-state index contributed by atoms with van der Waals surface area (Å²) in [6, 6.07) is 6.95. The summed E-state index contributed by atoms with van der Waals surface area (Å²) < 4.78 is 0. The van der Waals surface area contributed by atoms with Crippen molar-refractivity contribution in [3.05, 3.63) is 24.3 Å². The van der Waals surface area contributed by atoms with Crippen molar-refractivity contribution < 1.29 is 19.8 Å². The Hall–Kier alpha value is -2.08. The fraction of sp³-hybridized carbons (Fsp3) is 0.333. The lowest BCUT2D eigenvalue weighted by molar-refractivity contribution is -0.139. The highest BCUT2D eigenvalue weighted by Gasteiger charge is 2.08. The van der Waals surface area contributed by atoms with Gasteiger partial charge in [-0.05, 0) is 18.2 Å². The molecule has 0 radical (unpaired) electrons. The van der Waals surface area contributed by atoms with Crippen LogP contribution in [0.4, 0.5) is 11.4 Å². The van der Waals surface area contributed by atoms with Crippen LogP contribution in [0.1, 0.15) is 13.3 Å². The molecular formula is C12H16N2O4. The second-order valence-electron chi connectivity index (χ2n) is 3.89. The van der Waals surface area contributed by atoms with Gasteiger partial charge < -0.3 is 20.8 Å². The summed E-state index contributed by atoms with van der Waals surface area (Å²) in [6.07, 6.45) is -1.26. The minimum absolute atomic E-state index is 0.135. The van der Waals surface area contributed by atoms with Crippen LogP contribution in [-0.4, -0.2) is 34.7 Å². The molecule has 18 heavy (non-hydrogen) atoms. The summed E-state index contributed by atoms with van der Waals surface area (Å²) in [5.74, 6) is -1.21. The molecule has 4 N–H and O–H groups in total. The van der Waals surface area contributed by atoms with Crippen molar-refractivity contribution in [2.75, 3.05) is 17.2 Å². The van der Waals surface area contributed by atoms with Crippen molar-refractivity contribution >= 4 is 23.3 Å². The second-order valence-corrected chi connectivity index (χ2v) is 3.89. The largest absolute Gasteiger partial charge is 0.481 e. The number of amides is 1. The molecule has 0 aliphatic rings. The molecule has 0 aliphatic heterocycles. The number of carbonyl (C=O) groups excluding carboxylic acids is 1. The number of rotatable bonds is 6. The number of hydrogen-bond acceptors (Lipinski definition) is 4. The molecule has 1 rings (SSSR count). The van der Waals surface area contributed by atoms with Gasteiger partial charge in [-0.3, -0.25) is 9.59 Å². The quantitative estimate of drug-likeness (QED) is 0.602. The average Bonchev–Trinajstić information content (AvgIpc) is 2.25. The van der Waals surface area contributed by atoms with Crippen molar-refractivity contribution in [2.45, 2.75) is 19.4 Å². The van der Waals surface area contributed by atoms with Gasteiger partial charge in [0.15, 0.2) is 0 Å². The first-order valence-corrected chi connectivity index (χ1v) is 5.49. The molecule has 1 unspecified atom stereocenters. The first-order valence-electron chi connectivity index (χ1n) is 5.49. The first-order chi connectivity index (χ1) is 8.47. The Morgan fingerprint density at radius 3 is 2.61 bits per heavy atom. The highest BCUT2D eigenvalue weighted by atomic mass is 16.4. The number of carbonyl (C=O) groups is 2. The molecule has 6 heteroatoms. The van der Waals surface area contributed by atoms with E-state index in [1.54, 1.807) is 24.3 Å². The van der Waals surface area contributed by atoms with Crippen molar-refractivity contribution in [3.8, 4) is 0 Å². The number of anilines is 2. The molecule has 0 heterocycles.